The smallest absolute Gasteiger partial charge is 0.196 e. The van der Waals surface area contributed by atoms with Crippen LogP contribution in [0.4, 0.5) is 0 Å². The van der Waals surface area contributed by atoms with Gasteiger partial charge in [0.15, 0.2) is 5.78 Å². The van der Waals surface area contributed by atoms with Gasteiger partial charge in [0.2, 0.25) is 0 Å². The molecule has 0 aromatic heterocycles. The number of ketones is 1. The Morgan fingerprint density at radius 3 is 2.53 bits per heavy atom. The van der Waals surface area contributed by atoms with E-state index in [2.05, 4.69) is 0 Å². The molecule has 2 nitrogen and oxygen atoms in total. The van der Waals surface area contributed by atoms with E-state index < -0.39 is 0 Å². The van der Waals surface area contributed by atoms with E-state index in [1.807, 2.05) is 43.3 Å². The lowest BCUT2D eigenvalue weighted by atomic mass is 10.0. The zero-order valence-electron chi connectivity index (χ0n) is 9.94. The average Bonchev–Trinajstić information content (AvgIpc) is 2.38. The molecule has 0 atom stereocenters. The number of ether oxygens (including phenoxy) is 1. The van der Waals surface area contributed by atoms with Crippen molar-refractivity contribution in [3.05, 3.63) is 65.2 Å². The number of benzene rings is 2. The molecule has 0 aliphatic heterocycles. The minimum Gasteiger partial charge on any atom is -0.496 e. The van der Waals surface area contributed by atoms with Gasteiger partial charge in [0.1, 0.15) is 5.75 Å². The lowest BCUT2D eigenvalue weighted by Crippen LogP contribution is -2.03. The SMILES string of the molecule is COc1ccccc1C(=O)c1cccc(C)c1. The summed E-state index contributed by atoms with van der Waals surface area (Å²) in [5.41, 5.74) is 2.36. The van der Waals surface area contributed by atoms with Gasteiger partial charge in [-0.25, -0.2) is 0 Å². The predicted molar refractivity (Wildman–Crippen MR) is 67.6 cm³/mol. The molecule has 0 fully saturated rings. The third kappa shape index (κ3) is 2.36. The second kappa shape index (κ2) is 4.83. The van der Waals surface area contributed by atoms with Gasteiger partial charge in [-0.1, -0.05) is 35.9 Å². The summed E-state index contributed by atoms with van der Waals surface area (Å²) in [7, 11) is 1.57. The Hall–Kier alpha value is -2.09. The van der Waals surface area contributed by atoms with Crippen LogP contribution in [0.25, 0.3) is 0 Å². The molecule has 0 radical (unpaired) electrons. The van der Waals surface area contributed by atoms with Crippen molar-refractivity contribution in [2.75, 3.05) is 7.11 Å². The molecule has 0 heterocycles. The maximum atomic E-state index is 12.3. The third-order valence-corrected chi connectivity index (χ3v) is 2.63. The van der Waals surface area contributed by atoms with Gasteiger partial charge in [-0.05, 0) is 25.1 Å². The lowest BCUT2D eigenvalue weighted by Gasteiger charge is -2.07. The normalized spacial score (nSPS) is 10.0. The van der Waals surface area contributed by atoms with Gasteiger partial charge in [-0.2, -0.15) is 0 Å². The molecule has 0 spiro atoms. The molecule has 2 heteroatoms. The maximum absolute atomic E-state index is 12.3. The standard InChI is InChI=1S/C15H14O2/c1-11-6-5-7-12(10-11)15(16)13-8-3-4-9-14(13)17-2/h3-10H,1-2H3. The molecule has 0 aliphatic rings. The molecule has 0 saturated carbocycles. The summed E-state index contributed by atoms with van der Waals surface area (Å²) in [4.78, 5) is 12.3. The first-order valence-corrected chi connectivity index (χ1v) is 5.47. The van der Waals surface area contributed by atoms with E-state index in [0.717, 1.165) is 5.56 Å². The van der Waals surface area contributed by atoms with Gasteiger partial charge in [0.05, 0.1) is 12.7 Å². The van der Waals surface area contributed by atoms with Crippen molar-refractivity contribution in [1.29, 1.82) is 0 Å². The molecule has 0 amide bonds. The van der Waals surface area contributed by atoms with E-state index >= 15 is 0 Å². The molecule has 0 unspecified atom stereocenters. The summed E-state index contributed by atoms with van der Waals surface area (Å²) < 4.78 is 5.20. The fourth-order valence-corrected chi connectivity index (χ4v) is 1.77. The van der Waals surface area contributed by atoms with E-state index in [1.54, 1.807) is 19.2 Å². The minimum atomic E-state index is -0.00819. The first kappa shape index (κ1) is 11.4. The number of rotatable bonds is 3. The Morgan fingerprint density at radius 1 is 1.06 bits per heavy atom. The molecule has 86 valence electrons. The monoisotopic (exact) mass is 226 g/mol. The highest BCUT2D eigenvalue weighted by atomic mass is 16.5. The van der Waals surface area contributed by atoms with Gasteiger partial charge in [0.25, 0.3) is 0 Å². The van der Waals surface area contributed by atoms with Crippen LogP contribution < -0.4 is 4.74 Å². The van der Waals surface area contributed by atoms with Gasteiger partial charge < -0.3 is 4.74 Å². The van der Waals surface area contributed by atoms with Crippen molar-refractivity contribution in [1.82, 2.24) is 0 Å². The Balaban J connectivity index is 2.44. The molecular weight excluding hydrogens is 212 g/mol. The highest BCUT2D eigenvalue weighted by Gasteiger charge is 2.13. The van der Waals surface area contributed by atoms with Crippen LogP contribution in [0.15, 0.2) is 48.5 Å². The van der Waals surface area contributed by atoms with Crippen LogP contribution in [-0.4, -0.2) is 12.9 Å². The number of methoxy groups -OCH3 is 1. The fraction of sp³-hybridized carbons (Fsp3) is 0.133. The second-order valence-corrected chi connectivity index (χ2v) is 3.90. The predicted octanol–water partition coefficient (Wildman–Crippen LogP) is 3.23. The summed E-state index contributed by atoms with van der Waals surface area (Å²) in [5.74, 6) is 0.602. The zero-order valence-corrected chi connectivity index (χ0v) is 9.94. The zero-order chi connectivity index (χ0) is 12.3. The number of carbonyl (C=O) groups is 1. The molecule has 2 aromatic carbocycles. The topological polar surface area (TPSA) is 26.3 Å². The summed E-state index contributed by atoms with van der Waals surface area (Å²) in [6, 6.07) is 14.8. The molecule has 2 rings (SSSR count). The lowest BCUT2D eigenvalue weighted by molar-refractivity contribution is 0.103. The van der Waals surface area contributed by atoms with Crippen LogP contribution >= 0.6 is 0 Å². The number of hydrogen-bond acceptors (Lipinski definition) is 2. The number of hydrogen-bond donors (Lipinski definition) is 0. The molecule has 2 aromatic rings. The largest absolute Gasteiger partial charge is 0.496 e. The highest BCUT2D eigenvalue weighted by Crippen LogP contribution is 2.21. The Bertz CT molecular complexity index is 544. The van der Waals surface area contributed by atoms with Crippen molar-refractivity contribution in [2.45, 2.75) is 6.92 Å². The third-order valence-electron chi connectivity index (χ3n) is 2.63. The molecular formula is C15H14O2. The average molecular weight is 226 g/mol. The minimum absolute atomic E-state index is 0.00819. The van der Waals surface area contributed by atoms with Crippen LogP contribution in [0.1, 0.15) is 21.5 Å². The first-order chi connectivity index (χ1) is 8.22. The summed E-state index contributed by atoms with van der Waals surface area (Å²) >= 11 is 0. The van der Waals surface area contributed by atoms with E-state index in [1.165, 1.54) is 0 Å². The number of para-hydroxylation sites is 1. The van der Waals surface area contributed by atoms with Crippen LogP contribution in [0.3, 0.4) is 0 Å². The fourth-order valence-electron chi connectivity index (χ4n) is 1.77. The second-order valence-electron chi connectivity index (χ2n) is 3.90. The molecule has 17 heavy (non-hydrogen) atoms. The van der Waals surface area contributed by atoms with Crippen molar-refractivity contribution >= 4 is 5.78 Å². The maximum Gasteiger partial charge on any atom is 0.196 e. The number of aryl methyl sites for hydroxylation is 1. The quantitative estimate of drug-likeness (QED) is 0.751. The number of carbonyl (C=O) groups excluding carboxylic acids is 1. The van der Waals surface area contributed by atoms with Gasteiger partial charge >= 0.3 is 0 Å². The van der Waals surface area contributed by atoms with Gasteiger partial charge in [-0.15, -0.1) is 0 Å². The Morgan fingerprint density at radius 2 is 1.82 bits per heavy atom. The van der Waals surface area contributed by atoms with E-state index in [9.17, 15) is 4.79 Å². The van der Waals surface area contributed by atoms with E-state index in [-0.39, 0.29) is 5.78 Å². The Labute approximate surface area is 101 Å². The first-order valence-electron chi connectivity index (χ1n) is 5.47. The summed E-state index contributed by atoms with van der Waals surface area (Å²) in [6.07, 6.45) is 0. The highest BCUT2D eigenvalue weighted by molar-refractivity contribution is 6.10. The van der Waals surface area contributed by atoms with Crippen molar-refractivity contribution in [3.63, 3.8) is 0 Å². The van der Waals surface area contributed by atoms with Crippen LogP contribution in [0.2, 0.25) is 0 Å². The molecule has 0 bridgehead atoms. The van der Waals surface area contributed by atoms with Crippen molar-refractivity contribution < 1.29 is 9.53 Å². The van der Waals surface area contributed by atoms with Crippen molar-refractivity contribution in [2.24, 2.45) is 0 Å². The van der Waals surface area contributed by atoms with Gasteiger partial charge in [0, 0.05) is 5.56 Å². The summed E-state index contributed by atoms with van der Waals surface area (Å²) in [5, 5.41) is 0. The van der Waals surface area contributed by atoms with Crippen molar-refractivity contribution in [3.8, 4) is 5.75 Å². The van der Waals surface area contributed by atoms with Crippen LogP contribution in [0, 0.1) is 6.92 Å². The molecule has 0 aliphatic carbocycles. The summed E-state index contributed by atoms with van der Waals surface area (Å²) in [6.45, 7) is 1.97. The van der Waals surface area contributed by atoms with Crippen LogP contribution in [0.5, 0.6) is 5.75 Å². The van der Waals surface area contributed by atoms with E-state index in [4.69, 9.17) is 4.74 Å². The molecule has 0 saturated heterocycles. The molecule has 0 N–H and O–H groups in total. The Kier molecular flexibility index (Phi) is 3.24. The van der Waals surface area contributed by atoms with E-state index in [0.29, 0.717) is 16.9 Å². The van der Waals surface area contributed by atoms with Crippen LogP contribution in [-0.2, 0) is 0 Å². The van der Waals surface area contributed by atoms with Gasteiger partial charge in [-0.3, -0.25) is 4.79 Å².